The number of carbonyl (C=O) groups excluding carboxylic acids is 1. The summed E-state index contributed by atoms with van der Waals surface area (Å²) in [5.74, 6) is -0.180. The summed E-state index contributed by atoms with van der Waals surface area (Å²) in [6, 6.07) is 0. The van der Waals surface area contributed by atoms with Crippen molar-refractivity contribution in [3.8, 4) is 0 Å². The van der Waals surface area contributed by atoms with Crippen LogP contribution in [0, 0.1) is 0 Å². The van der Waals surface area contributed by atoms with Crippen molar-refractivity contribution >= 4 is 5.97 Å². The van der Waals surface area contributed by atoms with Gasteiger partial charge in [0, 0.05) is 13.2 Å². The maximum Gasteiger partial charge on any atom is 0.326 e. The molecule has 0 radical (unpaired) electrons. The molecule has 1 aliphatic heterocycles. The number of hydrogen-bond donors (Lipinski definition) is 1. The molecule has 0 aromatic rings. The monoisotopic (exact) mass is 287 g/mol. The third kappa shape index (κ3) is 5.77. The molecule has 0 aliphatic carbocycles. The summed E-state index contributed by atoms with van der Waals surface area (Å²) in [5.41, 5.74) is -0.613. The molecule has 0 amide bonds. The van der Waals surface area contributed by atoms with Crippen LogP contribution in [0.2, 0.25) is 0 Å². The van der Waals surface area contributed by atoms with Gasteiger partial charge in [0.2, 0.25) is 0 Å². The van der Waals surface area contributed by atoms with E-state index < -0.39 is 5.54 Å². The molecule has 0 saturated carbocycles. The van der Waals surface area contributed by atoms with E-state index in [-0.39, 0.29) is 12.1 Å². The number of rotatable bonds is 10. The summed E-state index contributed by atoms with van der Waals surface area (Å²) in [4.78, 5) is 12.0. The molecule has 1 saturated heterocycles. The molecule has 0 aromatic heterocycles. The molecule has 1 N–H and O–H groups in total. The second-order valence-electron chi connectivity index (χ2n) is 5.40. The first-order valence-electron chi connectivity index (χ1n) is 7.74. The molecule has 1 rings (SSSR count). The third-order valence-electron chi connectivity index (χ3n) is 3.59. The Morgan fingerprint density at radius 2 is 2.25 bits per heavy atom. The van der Waals surface area contributed by atoms with Crippen molar-refractivity contribution in [2.24, 2.45) is 0 Å². The van der Waals surface area contributed by atoms with Crippen LogP contribution in [0.15, 0.2) is 0 Å². The highest BCUT2D eigenvalue weighted by atomic mass is 16.5. The number of nitrogens with one attached hydrogen (secondary N) is 1. The summed E-state index contributed by atoms with van der Waals surface area (Å²) >= 11 is 0. The molecule has 2 unspecified atom stereocenters. The van der Waals surface area contributed by atoms with Crippen molar-refractivity contribution in [1.29, 1.82) is 0 Å². The highest BCUT2D eigenvalue weighted by Crippen LogP contribution is 2.16. The van der Waals surface area contributed by atoms with Crippen LogP contribution in [-0.4, -0.2) is 50.6 Å². The predicted molar refractivity (Wildman–Crippen MR) is 77.7 cm³/mol. The maximum atomic E-state index is 12.0. The summed E-state index contributed by atoms with van der Waals surface area (Å²) in [6.45, 7) is 9.04. The molecular weight excluding hydrogens is 258 g/mol. The van der Waals surface area contributed by atoms with Crippen LogP contribution in [0.3, 0.4) is 0 Å². The van der Waals surface area contributed by atoms with E-state index in [1.807, 2.05) is 20.8 Å². The zero-order valence-corrected chi connectivity index (χ0v) is 13.1. The van der Waals surface area contributed by atoms with E-state index in [0.717, 1.165) is 32.4 Å². The van der Waals surface area contributed by atoms with E-state index in [4.69, 9.17) is 14.2 Å². The van der Waals surface area contributed by atoms with Gasteiger partial charge in [0.15, 0.2) is 0 Å². The van der Waals surface area contributed by atoms with Gasteiger partial charge in [-0.15, -0.1) is 0 Å². The quantitative estimate of drug-likeness (QED) is 0.491. The van der Waals surface area contributed by atoms with E-state index in [1.165, 1.54) is 0 Å². The molecule has 0 aromatic carbocycles. The fourth-order valence-corrected chi connectivity index (χ4v) is 2.46. The van der Waals surface area contributed by atoms with Crippen LogP contribution < -0.4 is 5.32 Å². The van der Waals surface area contributed by atoms with Crippen LogP contribution in [0.1, 0.15) is 46.5 Å². The van der Waals surface area contributed by atoms with Crippen molar-refractivity contribution in [1.82, 2.24) is 5.32 Å². The fraction of sp³-hybridized carbons (Fsp3) is 0.933. The molecule has 1 aliphatic rings. The van der Waals surface area contributed by atoms with E-state index in [1.54, 1.807) is 0 Å². The van der Waals surface area contributed by atoms with Crippen molar-refractivity contribution in [3.05, 3.63) is 0 Å². The Balaban J connectivity index is 2.22. The molecule has 118 valence electrons. The first kappa shape index (κ1) is 17.4. The largest absolute Gasteiger partial charge is 0.465 e. The molecule has 2 atom stereocenters. The van der Waals surface area contributed by atoms with Gasteiger partial charge in [-0.25, -0.2) is 0 Å². The maximum absolute atomic E-state index is 12.0. The van der Waals surface area contributed by atoms with Crippen molar-refractivity contribution < 1.29 is 19.0 Å². The normalized spacial score (nSPS) is 21.6. The van der Waals surface area contributed by atoms with Gasteiger partial charge >= 0.3 is 5.97 Å². The SMILES string of the molecule is CCNC(C)(CCCOCC1CCCO1)C(=O)OCC. The lowest BCUT2D eigenvalue weighted by Crippen LogP contribution is -2.50. The number of esters is 1. The van der Waals surface area contributed by atoms with Gasteiger partial charge in [0.05, 0.1) is 19.3 Å². The zero-order chi connectivity index (χ0) is 14.8. The van der Waals surface area contributed by atoms with Crippen LogP contribution in [0.4, 0.5) is 0 Å². The lowest BCUT2D eigenvalue weighted by Gasteiger charge is -2.28. The number of likely N-dealkylation sites (N-methyl/N-ethyl adjacent to an activating group) is 1. The van der Waals surface area contributed by atoms with Gasteiger partial charge in [-0.1, -0.05) is 6.92 Å². The molecule has 20 heavy (non-hydrogen) atoms. The van der Waals surface area contributed by atoms with Gasteiger partial charge in [-0.3, -0.25) is 4.79 Å². The minimum Gasteiger partial charge on any atom is -0.465 e. The van der Waals surface area contributed by atoms with Gasteiger partial charge < -0.3 is 19.5 Å². The van der Waals surface area contributed by atoms with Crippen molar-refractivity contribution in [2.45, 2.75) is 58.1 Å². The van der Waals surface area contributed by atoms with Crippen LogP contribution >= 0.6 is 0 Å². The summed E-state index contributed by atoms with van der Waals surface area (Å²) < 4.78 is 16.3. The van der Waals surface area contributed by atoms with E-state index in [0.29, 0.717) is 26.2 Å². The molecular formula is C15H29NO4. The Morgan fingerprint density at radius 1 is 1.45 bits per heavy atom. The topological polar surface area (TPSA) is 56.8 Å². The van der Waals surface area contributed by atoms with E-state index in [2.05, 4.69) is 5.32 Å². The van der Waals surface area contributed by atoms with Gasteiger partial charge in [-0.2, -0.15) is 0 Å². The summed E-state index contributed by atoms with van der Waals surface area (Å²) in [5, 5.41) is 3.22. The van der Waals surface area contributed by atoms with Crippen LogP contribution in [-0.2, 0) is 19.0 Å². The predicted octanol–water partition coefficient (Wildman–Crippen LogP) is 1.89. The second kappa shape index (κ2) is 9.32. The van der Waals surface area contributed by atoms with E-state index in [9.17, 15) is 4.79 Å². The van der Waals surface area contributed by atoms with Crippen molar-refractivity contribution in [2.75, 3.05) is 33.0 Å². The first-order valence-corrected chi connectivity index (χ1v) is 7.74. The lowest BCUT2D eigenvalue weighted by atomic mass is 9.96. The summed E-state index contributed by atoms with van der Waals surface area (Å²) in [7, 11) is 0. The molecule has 5 nitrogen and oxygen atoms in total. The van der Waals surface area contributed by atoms with Gasteiger partial charge in [0.1, 0.15) is 5.54 Å². The van der Waals surface area contributed by atoms with E-state index >= 15 is 0 Å². The highest BCUT2D eigenvalue weighted by Gasteiger charge is 2.33. The van der Waals surface area contributed by atoms with Crippen molar-refractivity contribution in [3.63, 3.8) is 0 Å². The molecule has 0 bridgehead atoms. The Labute approximate surface area is 122 Å². The Bertz CT molecular complexity index is 279. The Kier molecular flexibility index (Phi) is 8.11. The zero-order valence-electron chi connectivity index (χ0n) is 13.1. The Morgan fingerprint density at radius 3 is 2.85 bits per heavy atom. The fourth-order valence-electron chi connectivity index (χ4n) is 2.46. The number of ether oxygens (including phenoxy) is 3. The standard InChI is InChI=1S/C15H29NO4/c1-4-16-15(3,14(17)19-5-2)9-7-10-18-12-13-8-6-11-20-13/h13,16H,4-12H2,1-3H3. The van der Waals surface area contributed by atoms with Crippen LogP contribution in [0.25, 0.3) is 0 Å². The average Bonchev–Trinajstić information content (AvgIpc) is 2.92. The Hall–Kier alpha value is -0.650. The molecule has 1 heterocycles. The smallest absolute Gasteiger partial charge is 0.326 e. The second-order valence-corrected chi connectivity index (χ2v) is 5.40. The lowest BCUT2D eigenvalue weighted by molar-refractivity contribution is -0.151. The average molecular weight is 287 g/mol. The number of hydrogen-bond acceptors (Lipinski definition) is 5. The minimum absolute atomic E-state index is 0.180. The number of carbonyl (C=O) groups is 1. The molecule has 5 heteroatoms. The first-order chi connectivity index (χ1) is 9.62. The third-order valence-corrected chi connectivity index (χ3v) is 3.59. The van der Waals surface area contributed by atoms with Gasteiger partial charge in [0.25, 0.3) is 0 Å². The molecule has 1 fully saturated rings. The highest BCUT2D eigenvalue weighted by molar-refractivity contribution is 5.80. The van der Waals surface area contributed by atoms with Gasteiger partial charge in [-0.05, 0) is 46.1 Å². The van der Waals surface area contributed by atoms with Crippen LogP contribution in [0.5, 0.6) is 0 Å². The minimum atomic E-state index is -0.613. The molecule has 0 spiro atoms. The summed E-state index contributed by atoms with van der Waals surface area (Å²) in [6.07, 6.45) is 4.04.